The molecule has 2 saturated heterocycles. The molecule has 0 spiro atoms. The van der Waals surface area contributed by atoms with Gasteiger partial charge in [-0.2, -0.15) is 0 Å². The van der Waals surface area contributed by atoms with Gasteiger partial charge in [0, 0.05) is 162 Å². The molecule has 2 aromatic heterocycles. The van der Waals surface area contributed by atoms with Crippen LogP contribution in [0.25, 0.3) is 21.8 Å². The fourth-order valence-corrected chi connectivity index (χ4v) is 10.8. The molecule has 0 saturated carbocycles. The number of aromatic nitrogens is 2. The number of hydrogen-bond donors (Lipinski definition) is 2. The van der Waals surface area contributed by atoms with E-state index in [0.29, 0.717) is 13.1 Å². The largest absolute Gasteiger partial charge is 0.423 e. The lowest BCUT2D eigenvalue weighted by atomic mass is 9.97. The second kappa shape index (κ2) is 20.1. The molecule has 0 radical (unpaired) electrons. The third-order valence-corrected chi connectivity index (χ3v) is 14.8. The molecule has 6 heterocycles. The molecule has 10 rings (SSSR count). The highest BCUT2D eigenvalue weighted by atomic mass is 16.6. The van der Waals surface area contributed by atoms with E-state index in [1.165, 1.54) is 31.9 Å². The number of carbonyl (C=O) groups excluding carboxylic acids is 4. The first-order valence-electron chi connectivity index (χ1n) is 24.6. The maximum absolute atomic E-state index is 14.0. The highest BCUT2D eigenvalue weighted by Gasteiger charge is 2.43. The number of esters is 2. The zero-order valence-electron chi connectivity index (χ0n) is 40.6. The lowest BCUT2D eigenvalue weighted by Gasteiger charge is -2.36. The number of carbonyl (C=O) groups is 4. The molecule has 0 bridgehead atoms. The fourth-order valence-electron chi connectivity index (χ4n) is 10.8. The van der Waals surface area contributed by atoms with Crippen molar-refractivity contribution < 1.29 is 28.7 Å². The quantitative estimate of drug-likeness (QED) is 0.105. The number of nitrogens with zero attached hydrogens (tertiary/aromatic N) is 8. The predicted octanol–water partition coefficient (Wildman–Crippen LogP) is 5.50. The Morgan fingerprint density at radius 3 is 1.34 bits per heavy atom. The van der Waals surface area contributed by atoms with Gasteiger partial charge < -0.3 is 48.8 Å². The van der Waals surface area contributed by atoms with Gasteiger partial charge in [-0.05, 0) is 97.7 Å². The van der Waals surface area contributed by atoms with E-state index >= 15 is 0 Å². The molecule has 0 aliphatic carbocycles. The summed E-state index contributed by atoms with van der Waals surface area (Å²) in [6.45, 7) is 9.95. The third kappa shape index (κ3) is 9.62. The summed E-state index contributed by atoms with van der Waals surface area (Å²) in [4.78, 5) is 78.6. The van der Waals surface area contributed by atoms with Gasteiger partial charge >= 0.3 is 11.9 Å². The number of benzene rings is 4. The lowest BCUT2D eigenvalue weighted by Crippen LogP contribution is -2.52. The molecule has 4 aliphatic heterocycles. The monoisotopic (exact) mass is 949 g/mol. The van der Waals surface area contributed by atoms with E-state index < -0.39 is 36.2 Å². The van der Waals surface area contributed by atoms with Crippen molar-refractivity contribution in [3.05, 3.63) is 121 Å². The van der Waals surface area contributed by atoms with Crippen LogP contribution in [0.1, 0.15) is 35.8 Å². The highest BCUT2D eigenvalue weighted by molar-refractivity contribution is 6.30. The van der Waals surface area contributed by atoms with Crippen LogP contribution in [0.15, 0.2) is 109 Å². The number of fused-ring (bicyclic) bond motifs is 4. The Hall–Kier alpha value is -7.04. The van der Waals surface area contributed by atoms with Gasteiger partial charge in [0.1, 0.15) is 0 Å². The molecule has 2 fully saturated rings. The van der Waals surface area contributed by atoms with Crippen LogP contribution < -0.4 is 19.6 Å². The van der Waals surface area contributed by atoms with Gasteiger partial charge in [0.15, 0.2) is 0 Å². The Bertz CT molecular complexity index is 2650. The molecule has 4 aromatic carbocycles. The molecular formula is C54H64N10O6. The van der Waals surface area contributed by atoms with Gasteiger partial charge in [0.05, 0.1) is 0 Å². The van der Waals surface area contributed by atoms with Crippen LogP contribution in [0.2, 0.25) is 0 Å². The van der Waals surface area contributed by atoms with E-state index in [1.807, 2.05) is 48.8 Å². The van der Waals surface area contributed by atoms with Crippen LogP contribution in [0, 0.1) is 0 Å². The molecule has 4 aliphatic rings. The minimum Gasteiger partial charge on any atom is -0.423 e. The van der Waals surface area contributed by atoms with E-state index in [2.05, 4.69) is 90.2 Å². The molecule has 16 nitrogen and oxygen atoms in total. The average molecular weight is 949 g/mol. The number of para-hydroxylation sites is 2. The Balaban J connectivity index is 0.774. The van der Waals surface area contributed by atoms with Gasteiger partial charge in [-0.15, -0.1) is 0 Å². The first-order valence-corrected chi connectivity index (χ1v) is 24.6. The molecule has 6 aromatic rings. The number of anilines is 4. The molecule has 2 unspecified atom stereocenters. The van der Waals surface area contributed by atoms with Gasteiger partial charge in [0.25, 0.3) is 24.3 Å². The maximum atomic E-state index is 14.0. The van der Waals surface area contributed by atoms with Crippen molar-refractivity contribution in [3.63, 3.8) is 0 Å². The smallest absolute Gasteiger partial charge is 0.419 e. The lowest BCUT2D eigenvalue weighted by molar-refractivity contribution is -0.178. The molecule has 2 N–H and O–H groups in total. The van der Waals surface area contributed by atoms with E-state index in [4.69, 9.17) is 9.47 Å². The van der Waals surface area contributed by atoms with Crippen molar-refractivity contribution in [2.75, 3.05) is 126 Å². The summed E-state index contributed by atoms with van der Waals surface area (Å²) >= 11 is 0. The molecule has 70 heavy (non-hydrogen) atoms. The number of H-pyrrole nitrogens is 2. The Kier molecular flexibility index (Phi) is 13.4. The van der Waals surface area contributed by atoms with Crippen molar-refractivity contribution in [3.8, 4) is 0 Å². The number of piperazine rings is 2. The molecule has 2 amide bonds. The van der Waals surface area contributed by atoms with Crippen molar-refractivity contribution in [1.82, 2.24) is 29.6 Å². The minimum atomic E-state index is -1.44. The number of hydrogen-bond acceptors (Lipinski definition) is 12. The summed E-state index contributed by atoms with van der Waals surface area (Å²) in [5.41, 5.74) is 8.39. The molecule has 16 heteroatoms. The summed E-state index contributed by atoms with van der Waals surface area (Å²) in [7, 11) is 6.37. The topological polar surface area (TPSA) is 144 Å². The van der Waals surface area contributed by atoms with E-state index in [0.717, 1.165) is 112 Å². The van der Waals surface area contributed by atoms with Crippen LogP contribution in [0.5, 0.6) is 0 Å². The second-order valence-electron chi connectivity index (χ2n) is 19.5. The summed E-state index contributed by atoms with van der Waals surface area (Å²) in [6, 6.07) is 33.1. The summed E-state index contributed by atoms with van der Waals surface area (Å²) < 4.78 is 11.8. The molecule has 4 atom stereocenters. The fraction of sp³-hybridized carbons (Fsp3) is 0.407. The van der Waals surface area contributed by atoms with E-state index in [9.17, 15) is 19.2 Å². The van der Waals surface area contributed by atoms with Crippen LogP contribution in [0.3, 0.4) is 0 Å². The number of aromatic amines is 2. The van der Waals surface area contributed by atoms with E-state index in [1.54, 1.807) is 38.0 Å². The van der Waals surface area contributed by atoms with Gasteiger partial charge in [-0.3, -0.25) is 19.4 Å². The highest BCUT2D eigenvalue weighted by Crippen LogP contribution is 2.42. The molecular weight excluding hydrogens is 885 g/mol. The van der Waals surface area contributed by atoms with Crippen LogP contribution in [-0.4, -0.2) is 173 Å². The third-order valence-electron chi connectivity index (χ3n) is 14.8. The SMILES string of the molecule is CN(C)C(=O)C(OC(=O)C(=O)OC(C(=O)N(C)C)N1C[C@@H](CCN2CCN(c3ccc4[nH]ccc4c3)CC2)c2ccccc21)N1C[C@@H](CCN2CCN(c3ccc4[nH]ccc4c3)CC2)c2ccccc21. The van der Waals surface area contributed by atoms with Crippen LogP contribution in [-0.2, 0) is 28.7 Å². The Morgan fingerprint density at radius 2 is 0.943 bits per heavy atom. The number of likely N-dealkylation sites (N-methyl/N-ethyl adjacent to an activating group) is 2. The van der Waals surface area contributed by atoms with Crippen molar-refractivity contribution >= 4 is 68.3 Å². The summed E-state index contributed by atoms with van der Waals surface area (Å²) in [5.74, 6) is -3.59. The number of ether oxygens (including phenoxy) is 2. The maximum Gasteiger partial charge on any atom is 0.419 e. The van der Waals surface area contributed by atoms with Gasteiger partial charge in [-0.25, -0.2) is 9.59 Å². The van der Waals surface area contributed by atoms with Crippen LogP contribution in [0.4, 0.5) is 22.7 Å². The van der Waals surface area contributed by atoms with Gasteiger partial charge in [0.2, 0.25) is 0 Å². The number of nitrogens with one attached hydrogen (secondary N) is 2. The zero-order valence-corrected chi connectivity index (χ0v) is 40.6. The van der Waals surface area contributed by atoms with Crippen molar-refractivity contribution in [2.24, 2.45) is 0 Å². The first-order chi connectivity index (χ1) is 34.0. The standard InChI is InChI=1S/C54H64N10O6/c1-57(2)49(65)51(63-35-39(43-9-5-7-11-47(43)63)19-23-59-25-29-61(30-26-59)41-13-15-45-37(33-41)17-21-55-45)69-53(67)54(68)70-52(50(66)58(3)4)64-36-40(44-10-6-8-12-48(44)64)20-24-60-27-31-62(32-28-60)42-14-16-46-38(34-42)18-22-56-46/h5-18,21-22,33-34,39-40,51-52,55-56H,19-20,23-32,35-36H2,1-4H3/t39-,40-,51?,52?/m1/s1. The van der Waals surface area contributed by atoms with Gasteiger partial charge in [-0.1, -0.05) is 36.4 Å². The number of rotatable bonds is 14. The minimum absolute atomic E-state index is 0.0499. The summed E-state index contributed by atoms with van der Waals surface area (Å²) in [5, 5.41) is 2.41. The van der Waals surface area contributed by atoms with Crippen molar-refractivity contribution in [2.45, 2.75) is 37.1 Å². The average Bonchev–Trinajstić information content (AvgIpc) is 4.21. The number of amides is 2. The Labute approximate surface area is 409 Å². The first kappa shape index (κ1) is 46.7. The second-order valence-corrected chi connectivity index (χ2v) is 19.5. The van der Waals surface area contributed by atoms with Crippen LogP contribution >= 0.6 is 0 Å². The summed E-state index contributed by atoms with van der Waals surface area (Å²) in [6.07, 6.45) is 2.72. The predicted molar refractivity (Wildman–Crippen MR) is 273 cm³/mol. The normalized spacial score (nSPS) is 19.3. The zero-order chi connectivity index (χ0) is 48.5. The molecule has 366 valence electrons. The van der Waals surface area contributed by atoms with Crippen molar-refractivity contribution in [1.29, 1.82) is 0 Å². The van der Waals surface area contributed by atoms with E-state index in [-0.39, 0.29) is 11.8 Å². The Morgan fingerprint density at radius 1 is 0.543 bits per heavy atom.